The van der Waals surface area contributed by atoms with E-state index in [1.807, 2.05) is 0 Å². The van der Waals surface area contributed by atoms with Crippen LogP contribution >= 0.6 is 0 Å². The van der Waals surface area contributed by atoms with Crippen LogP contribution in [0, 0.1) is 5.82 Å². The van der Waals surface area contributed by atoms with Gasteiger partial charge >= 0.3 is 0 Å². The predicted octanol–water partition coefficient (Wildman–Crippen LogP) is 2.10. The summed E-state index contributed by atoms with van der Waals surface area (Å²) in [6, 6.07) is 3.62. The number of hydrogen-bond donors (Lipinski definition) is 1. The Bertz CT molecular complexity index is 627. The van der Waals surface area contributed by atoms with Crippen molar-refractivity contribution in [1.29, 1.82) is 0 Å². The fourth-order valence-electron chi connectivity index (χ4n) is 1.99. The average Bonchev–Trinajstić information content (AvgIpc) is 3.15. The second kappa shape index (κ2) is 5.40. The molecule has 2 rings (SSSR count). The third kappa shape index (κ3) is 3.27. The summed E-state index contributed by atoms with van der Waals surface area (Å²) in [7, 11) is -3.47. The highest BCUT2D eigenvalue weighted by atomic mass is 32.2. The SMILES string of the molecule is CCC(=O)Nc1cc(F)ccc1N(C1CC1)S(C)(=O)=O. The van der Waals surface area contributed by atoms with E-state index < -0.39 is 15.8 Å². The van der Waals surface area contributed by atoms with Crippen LogP contribution < -0.4 is 9.62 Å². The van der Waals surface area contributed by atoms with Gasteiger partial charge in [-0.2, -0.15) is 0 Å². The number of sulfonamides is 1. The van der Waals surface area contributed by atoms with E-state index in [0.717, 1.165) is 25.2 Å². The van der Waals surface area contributed by atoms with Crippen LogP contribution in [0.4, 0.5) is 15.8 Å². The molecule has 0 bridgehead atoms. The third-order valence-electron chi connectivity index (χ3n) is 3.03. The van der Waals surface area contributed by atoms with E-state index in [0.29, 0.717) is 5.69 Å². The average molecular weight is 300 g/mol. The van der Waals surface area contributed by atoms with Crippen molar-refractivity contribution in [2.24, 2.45) is 0 Å². The highest BCUT2D eigenvalue weighted by Gasteiger charge is 2.36. The van der Waals surface area contributed by atoms with Gasteiger partial charge in [0.1, 0.15) is 5.82 Å². The molecule has 1 aliphatic carbocycles. The Labute approximate surface area is 117 Å². The first-order valence-electron chi connectivity index (χ1n) is 6.41. The Morgan fingerprint density at radius 2 is 2.10 bits per heavy atom. The lowest BCUT2D eigenvalue weighted by molar-refractivity contribution is -0.115. The number of anilines is 2. The monoisotopic (exact) mass is 300 g/mol. The molecule has 0 spiro atoms. The van der Waals surface area contributed by atoms with Gasteiger partial charge in [-0.3, -0.25) is 9.10 Å². The van der Waals surface area contributed by atoms with Gasteiger partial charge in [-0.05, 0) is 31.0 Å². The van der Waals surface area contributed by atoms with E-state index >= 15 is 0 Å². The van der Waals surface area contributed by atoms with Gasteiger partial charge in [0.05, 0.1) is 17.6 Å². The van der Waals surface area contributed by atoms with Crippen LogP contribution in [0.25, 0.3) is 0 Å². The van der Waals surface area contributed by atoms with Crippen molar-refractivity contribution in [3.63, 3.8) is 0 Å². The summed E-state index contributed by atoms with van der Waals surface area (Å²) in [5, 5.41) is 2.55. The van der Waals surface area contributed by atoms with Gasteiger partial charge in [0.2, 0.25) is 15.9 Å². The molecule has 1 amide bonds. The smallest absolute Gasteiger partial charge is 0.232 e. The molecular weight excluding hydrogens is 283 g/mol. The molecule has 0 saturated heterocycles. The van der Waals surface area contributed by atoms with Gasteiger partial charge < -0.3 is 5.32 Å². The summed E-state index contributed by atoms with van der Waals surface area (Å²) in [6.45, 7) is 1.67. The van der Waals surface area contributed by atoms with Crippen LogP contribution in [0.5, 0.6) is 0 Å². The van der Waals surface area contributed by atoms with E-state index in [-0.39, 0.29) is 24.1 Å². The number of carbonyl (C=O) groups is 1. The lowest BCUT2D eigenvalue weighted by Gasteiger charge is -2.24. The molecule has 0 heterocycles. The summed E-state index contributed by atoms with van der Waals surface area (Å²) in [5.41, 5.74) is 0.507. The minimum absolute atomic E-state index is 0.104. The quantitative estimate of drug-likeness (QED) is 0.905. The molecular formula is C13H17FN2O3S. The molecule has 20 heavy (non-hydrogen) atoms. The zero-order valence-electron chi connectivity index (χ0n) is 11.4. The van der Waals surface area contributed by atoms with Crippen LogP contribution in [-0.2, 0) is 14.8 Å². The number of rotatable bonds is 5. The predicted molar refractivity (Wildman–Crippen MR) is 75.7 cm³/mol. The number of hydrogen-bond acceptors (Lipinski definition) is 3. The number of halogens is 1. The van der Waals surface area contributed by atoms with E-state index in [1.54, 1.807) is 6.92 Å². The zero-order chi connectivity index (χ0) is 14.9. The highest BCUT2D eigenvalue weighted by molar-refractivity contribution is 7.92. The lowest BCUT2D eigenvalue weighted by atomic mass is 10.2. The van der Waals surface area contributed by atoms with E-state index in [4.69, 9.17) is 0 Å². The maximum absolute atomic E-state index is 13.4. The normalized spacial score (nSPS) is 14.9. The topological polar surface area (TPSA) is 66.5 Å². The number of benzene rings is 1. The largest absolute Gasteiger partial charge is 0.324 e. The van der Waals surface area contributed by atoms with Crippen LogP contribution in [0.1, 0.15) is 26.2 Å². The Balaban J connectivity index is 2.46. The first kappa shape index (κ1) is 14.8. The summed E-state index contributed by atoms with van der Waals surface area (Å²) >= 11 is 0. The van der Waals surface area contributed by atoms with Crippen molar-refractivity contribution in [2.75, 3.05) is 15.9 Å². The van der Waals surface area contributed by atoms with Crippen LogP contribution in [0.3, 0.4) is 0 Å². The van der Waals surface area contributed by atoms with E-state index in [1.165, 1.54) is 16.4 Å². The minimum atomic E-state index is -3.47. The van der Waals surface area contributed by atoms with Gasteiger partial charge in [0.15, 0.2) is 0 Å². The molecule has 7 heteroatoms. The summed E-state index contributed by atoms with van der Waals surface area (Å²) in [4.78, 5) is 11.5. The first-order chi connectivity index (χ1) is 9.32. The van der Waals surface area contributed by atoms with Gasteiger partial charge in [-0.15, -0.1) is 0 Å². The number of nitrogens with zero attached hydrogens (tertiary/aromatic N) is 1. The maximum atomic E-state index is 13.4. The van der Waals surface area contributed by atoms with Crippen LogP contribution in [-0.4, -0.2) is 26.6 Å². The molecule has 1 aliphatic rings. The van der Waals surface area contributed by atoms with E-state index in [2.05, 4.69) is 5.32 Å². The molecule has 1 N–H and O–H groups in total. The summed E-state index contributed by atoms with van der Waals surface area (Å²) in [6.07, 6.45) is 2.88. The van der Waals surface area contributed by atoms with Crippen molar-refractivity contribution < 1.29 is 17.6 Å². The van der Waals surface area contributed by atoms with Gasteiger partial charge in [-0.25, -0.2) is 12.8 Å². The van der Waals surface area contributed by atoms with Crippen molar-refractivity contribution in [3.8, 4) is 0 Å². The Hall–Kier alpha value is -1.63. The Morgan fingerprint density at radius 3 is 2.60 bits per heavy atom. The summed E-state index contributed by atoms with van der Waals surface area (Å²) in [5.74, 6) is -0.814. The molecule has 1 aromatic rings. The number of carbonyl (C=O) groups excluding carboxylic acids is 1. The summed E-state index contributed by atoms with van der Waals surface area (Å²) < 4.78 is 38.5. The molecule has 0 aromatic heterocycles. The Kier molecular flexibility index (Phi) is 3.99. The minimum Gasteiger partial charge on any atom is -0.324 e. The third-order valence-corrected chi connectivity index (χ3v) is 4.24. The molecule has 5 nitrogen and oxygen atoms in total. The molecule has 1 saturated carbocycles. The number of amides is 1. The molecule has 0 aliphatic heterocycles. The first-order valence-corrected chi connectivity index (χ1v) is 8.26. The molecule has 1 aromatic carbocycles. The standard InChI is InChI=1S/C13H17FN2O3S/c1-3-13(17)15-11-8-9(14)4-7-12(11)16(10-5-6-10)20(2,18)19/h4,7-8,10H,3,5-6H2,1-2H3,(H,15,17). The maximum Gasteiger partial charge on any atom is 0.232 e. The second-order valence-electron chi connectivity index (χ2n) is 4.85. The zero-order valence-corrected chi connectivity index (χ0v) is 12.2. The van der Waals surface area contributed by atoms with Crippen LogP contribution in [0.2, 0.25) is 0 Å². The van der Waals surface area contributed by atoms with Crippen molar-refractivity contribution in [1.82, 2.24) is 0 Å². The Morgan fingerprint density at radius 1 is 1.45 bits per heavy atom. The fraction of sp³-hybridized carbons (Fsp3) is 0.462. The van der Waals surface area contributed by atoms with Crippen molar-refractivity contribution >= 4 is 27.3 Å². The van der Waals surface area contributed by atoms with E-state index in [9.17, 15) is 17.6 Å². The molecule has 0 atom stereocenters. The van der Waals surface area contributed by atoms with Crippen LogP contribution in [0.15, 0.2) is 18.2 Å². The molecule has 1 fully saturated rings. The lowest BCUT2D eigenvalue weighted by Crippen LogP contribution is -2.33. The van der Waals surface area contributed by atoms with Gasteiger partial charge in [0.25, 0.3) is 0 Å². The highest BCUT2D eigenvalue weighted by Crippen LogP contribution is 2.38. The second-order valence-corrected chi connectivity index (χ2v) is 6.71. The molecule has 0 unspecified atom stereocenters. The van der Waals surface area contributed by atoms with Crippen molar-refractivity contribution in [3.05, 3.63) is 24.0 Å². The number of nitrogens with one attached hydrogen (secondary N) is 1. The van der Waals surface area contributed by atoms with Gasteiger partial charge in [-0.1, -0.05) is 6.92 Å². The molecule has 0 radical (unpaired) electrons. The van der Waals surface area contributed by atoms with Crippen molar-refractivity contribution in [2.45, 2.75) is 32.2 Å². The molecule has 110 valence electrons. The van der Waals surface area contributed by atoms with Gasteiger partial charge in [0, 0.05) is 12.5 Å². The fourth-order valence-corrected chi connectivity index (χ4v) is 3.26.